The van der Waals surface area contributed by atoms with Crippen molar-refractivity contribution in [1.82, 2.24) is 4.98 Å². The van der Waals surface area contributed by atoms with Gasteiger partial charge in [0.05, 0.1) is 16.1 Å². The van der Waals surface area contributed by atoms with Gasteiger partial charge in [0.2, 0.25) is 0 Å². The van der Waals surface area contributed by atoms with Gasteiger partial charge >= 0.3 is 0 Å². The van der Waals surface area contributed by atoms with Crippen LogP contribution in [0.2, 0.25) is 0 Å². The Morgan fingerprint density at radius 3 is 2.75 bits per heavy atom. The topological polar surface area (TPSA) is 100 Å². The van der Waals surface area contributed by atoms with E-state index in [1.165, 1.54) is 36.7 Å². The summed E-state index contributed by atoms with van der Waals surface area (Å²) in [6.45, 7) is 0. The molecule has 1 heterocycles. The molecule has 0 amide bonds. The molecule has 0 radical (unpaired) electrons. The zero-order valence-corrected chi connectivity index (χ0v) is 10.2. The second-order valence-corrected chi connectivity index (χ2v) is 3.91. The highest BCUT2D eigenvalue weighted by Crippen LogP contribution is 2.25. The first-order chi connectivity index (χ1) is 9.61. The second-order valence-electron chi connectivity index (χ2n) is 3.91. The quantitative estimate of drug-likeness (QED) is 0.680. The van der Waals surface area contributed by atoms with Gasteiger partial charge in [-0.1, -0.05) is 6.08 Å². The van der Waals surface area contributed by atoms with Crippen molar-refractivity contribution >= 4 is 17.8 Å². The molecule has 0 aliphatic rings. The van der Waals surface area contributed by atoms with Gasteiger partial charge in [-0.25, -0.2) is 0 Å². The van der Waals surface area contributed by atoms with Crippen molar-refractivity contribution in [2.75, 3.05) is 0 Å². The molecule has 2 aromatic rings. The highest BCUT2D eigenvalue weighted by molar-refractivity contribution is 5.76. The van der Waals surface area contributed by atoms with Crippen LogP contribution in [0.4, 0.5) is 5.69 Å². The van der Waals surface area contributed by atoms with Crippen molar-refractivity contribution < 1.29 is 10.0 Å². The molecular formula is C14H9N3O3. The van der Waals surface area contributed by atoms with Gasteiger partial charge in [0, 0.05) is 18.5 Å². The van der Waals surface area contributed by atoms with Crippen molar-refractivity contribution in [3.05, 3.63) is 63.5 Å². The molecule has 1 aromatic heterocycles. The minimum absolute atomic E-state index is 0.0644. The van der Waals surface area contributed by atoms with Crippen LogP contribution >= 0.6 is 0 Å². The van der Waals surface area contributed by atoms with E-state index in [0.29, 0.717) is 11.1 Å². The van der Waals surface area contributed by atoms with Gasteiger partial charge in [0.25, 0.3) is 5.69 Å². The number of nitrogens with zero attached hydrogens (tertiary/aromatic N) is 3. The Bertz CT molecular complexity index is 733. The third-order valence-corrected chi connectivity index (χ3v) is 2.63. The molecule has 0 aliphatic carbocycles. The summed E-state index contributed by atoms with van der Waals surface area (Å²) in [5, 5.41) is 29.2. The Kier molecular flexibility index (Phi) is 3.72. The number of nitriles is 1. The van der Waals surface area contributed by atoms with Gasteiger partial charge < -0.3 is 5.11 Å². The predicted octanol–water partition coefficient (Wildman–Crippen LogP) is 2.74. The van der Waals surface area contributed by atoms with Crippen LogP contribution in [-0.4, -0.2) is 15.0 Å². The number of aromatic hydroxyl groups is 1. The lowest BCUT2D eigenvalue weighted by Crippen LogP contribution is -1.91. The first-order valence-electron chi connectivity index (χ1n) is 5.61. The molecular weight excluding hydrogens is 258 g/mol. The van der Waals surface area contributed by atoms with E-state index in [0.717, 1.165) is 0 Å². The fourth-order valence-corrected chi connectivity index (χ4v) is 1.67. The molecule has 0 fully saturated rings. The maximum Gasteiger partial charge on any atom is 0.276 e. The molecule has 0 aliphatic heterocycles. The van der Waals surface area contributed by atoms with E-state index in [9.17, 15) is 15.2 Å². The lowest BCUT2D eigenvalue weighted by Gasteiger charge is -1.99. The summed E-state index contributed by atoms with van der Waals surface area (Å²) < 4.78 is 0. The first-order valence-corrected chi connectivity index (χ1v) is 5.61. The average molecular weight is 267 g/mol. The Labute approximate surface area is 114 Å². The summed E-state index contributed by atoms with van der Waals surface area (Å²) in [6, 6.07) is 7.39. The number of pyridine rings is 1. The van der Waals surface area contributed by atoms with Crippen LogP contribution in [0, 0.1) is 21.4 Å². The Morgan fingerprint density at radius 2 is 2.05 bits per heavy atom. The lowest BCUT2D eigenvalue weighted by molar-refractivity contribution is -0.385. The van der Waals surface area contributed by atoms with E-state index in [4.69, 9.17) is 5.26 Å². The number of aromatic nitrogens is 1. The number of phenols is 1. The van der Waals surface area contributed by atoms with E-state index in [1.54, 1.807) is 12.1 Å². The number of nitro groups is 1. The molecule has 6 heteroatoms. The third-order valence-electron chi connectivity index (χ3n) is 2.63. The smallest absolute Gasteiger partial charge is 0.276 e. The number of hydrogen-bond acceptors (Lipinski definition) is 5. The highest BCUT2D eigenvalue weighted by atomic mass is 16.6. The van der Waals surface area contributed by atoms with Crippen LogP contribution in [-0.2, 0) is 0 Å². The summed E-state index contributed by atoms with van der Waals surface area (Å²) in [4.78, 5) is 14.2. The molecule has 0 spiro atoms. The van der Waals surface area contributed by atoms with E-state index in [1.807, 2.05) is 6.07 Å². The van der Waals surface area contributed by atoms with Crippen LogP contribution in [0.15, 0.2) is 36.7 Å². The fourth-order valence-electron chi connectivity index (χ4n) is 1.67. The van der Waals surface area contributed by atoms with Crippen LogP contribution in [0.5, 0.6) is 5.75 Å². The summed E-state index contributed by atoms with van der Waals surface area (Å²) in [5.41, 5.74) is 1.11. The monoisotopic (exact) mass is 267 g/mol. The molecule has 0 unspecified atom stereocenters. The molecule has 1 N–H and O–H groups in total. The van der Waals surface area contributed by atoms with Crippen LogP contribution < -0.4 is 0 Å². The molecule has 0 atom stereocenters. The van der Waals surface area contributed by atoms with Crippen LogP contribution in [0.3, 0.4) is 0 Å². The van der Waals surface area contributed by atoms with Crippen molar-refractivity contribution in [3.8, 4) is 11.8 Å². The number of nitro benzene ring substituents is 1. The number of benzene rings is 1. The Balaban J connectivity index is 2.44. The molecule has 0 bridgehead atoms. The third kappa shape index (κ3) is 2.79. The lowest BCUT2D eigenvalue weighted by atomic mass is 10.1. The summed E-state index contributed by atoms with van der Waals surface area (Å²) in [7, 11) is 0. The van der Waals surface area contributed by atoms with Crippen LogP contribution in [0.1, 0.15) is 16.7 Å². The fraction of sp³-hybridized carbons (Fsp3) is 0. The Morgan fingerprint density at radius 1 is 1.30 bits per heavy atom. The number of phenolic OH excluding ortho intramolecular Hbond substituents is 1. The van der Waals surface area contributed by atoms with Gasteiger partial charge in [-0.2, -0.15) is 5.26 Å². The molecule has 6 nitrogen and oxygen atoms in total. The summed E-state index contributed by atoms with van der Waals surface area (Å²) in [6.07, 6.45) is 5.99. The SMILES string of the molecule is N#Cc1cnccc1C=Cc1cc(O)ccc1[N+](=O)[O-]. The first kappa shape index (κ1) is 13.2. The highest BCUT2D eigenvalue weighted by Gasteiger charge is 2.11. The minimum atomic E-state index is -0.531. The Hall–Kier alpha value is -3.20. The van der Waals surface area contributed by atoms with E-state index >= 15 is 0 Å². The second kappa shape index (κ2) is 5.63. The van der Waals surface area contributed by atoms with Crippen molar-refractivity contribution in [3.63, 3.8) is 0 Å². The standard InChI is InChI=1S/C14H9N3O3/c15-8-12-9-16-6-5-10(12)1-2-11-7-13(18)3-4-14(11)17(19)20/h1-7,9,18H. The van der Waals surface area contributed by atoms with E-state index < -0.39 is 4.92 Å². The summed E-state index contributed by atoms with van der Waals surface area (Å²) >= 11 is 0. The van der Waals surface area contributed by atoms with Gasteiger partial charge in [-0.3, -0.25) is 15.1 Å². The normalized spacial score (nSPS) is 10.3. The summed E-state index contributed by atoms with van der Waals surface area (Å²) in [5.74, 6) is -0.0644. The molecule has 0 saturated carbocycles. The molecule has 2 rings (SSSR count). The number of rotatable bonds is 3. The predicted molar refractivity (Wildman–Crippen MR) is 72.6 cm³/mol. The van der Waals surface area contributed by atoms with Gasteiger partial charge in [-0.15, -0.1) is 0 Å². The number of hydrogen-bond donors (Lipinski definition) is 1. The maximum atomic E-state index is 10.9. The zero-order chi connectivity index (χ0) is 14.5. The minimum Gasteiger partial charge on any atom is -0.508 e. The van der Waals surface area contributed by atoms with Crippen LogP contribution in [0.25, 0.3) is 12.2 Å². The molecule has 0 saturated heterocycles. The van der Waals surface area contributed by atoms with Crippen molar-refractivity contribution in [1.29, 1.82) is 5.26 Å². The van der Waals surface area contributed by atoms with Crippen molar-refractivity contribution in [2.45, 2.75) is 0 Å². The van der Waals surface area contributed by atoms with Crippen molar-refractivity contribution in [2.24, 2.45) is 0 Å². The van der Waals surface area contributed by atoms with E-state index in [-0.39, 0.29) is 17.0 Å². The molecule has 1 aromatic carbocycles. The van der Waals surface area contributed by atoms with E-state index in [2.05, 4.69) is 4.98 Å². The zero-order valence-electron chi connectivity index (χ0n) is 10.2. The largest absolute Gasteiger partial charge is 0.508 e. The average Bonchev–Trinajstić information content (AvgIpc) is 2.45. The molecule has 98 valence electrons. The van der Waals surface area contributed by atoms with Gasteiger partial charge in [0.15, 0.2) is 0 Å². The maximum absolute atomic E-state index is 10.9. The van der Waals surface area contributed by atoms with Gasteiger partial charge in [-0.05, 0) is 29.8 Å². The molecule has 20 heavy (non-hydrogen) atoms. The van der Waals surface area contributed by atoms with Gasteiger partial charge in [0.1, 0.15) is 11.8 Å².